The van der Waals surface area contributed by atoms with Crippen LogP contribution in [0.1, 0.15) is 5.56 Å². The van der Waals surface area contributed by atoms with Crippen molar-refractivity contribution >= 4 is 13.0 Å². The number of hydrogen-bond donors (Lipinski definition) is 1. The third kappa shape index (κ3) is 2.92. The quantitative estimate of drug-likeness (QED) is 0.373. The molecule has 1 aromatic carbocycles. The average Bonchev–Trinajstić information content (AvgIpc) is 2.36. The number of hydrogen-bond acceptors (Lipinski definition) is 5. The van der Waals surface area contributed by atoms with Gasteiger partial charge in [-0.25, -0.2) is 0 Å². The molecule has 0 saturated heterocycles. The molecular weight excluding hydrogens is 229 g/mol. The predicted octanol–water partition coefficient (Wildman–Crippen LogP) is 2.50. The average molecular weight is 243 g/mol. The van der Waals surface area contributed by atoms with Crippen LogP contribution in [-0.2, 0) is 20.0 Å². The van der Waals surface area contributed by atoms with Gasteiger partial charge in [-0.3, -0.25) is 4.57 Å². The van der Waals surface area contributed by atoms with E-state index in [4.69, 9.17) is 14.3 Å². The SMILES string of the molecule is COP(=O)(OC)/C(Cc1ccccc1)=N/O. The van der Waals surface area contributed by atoms with Gasteiger partial charge >= 0.3 is 7.60 Å². The fraction of sp³-hybridized carbons (Fsp3) is 0.300. The van der Waals surface area contributed by atoms with Crippen LogP contribution in [0.2, 0.25) is 0 Å². The summed E-state index contributed by atoms with van der Waals surface area (Å²) in [4.78, 5) is 0. The van der Waals surface area contributed by atoms with Crippen LogP contribution in [0, 0.1) is 0 Å². The minimum Gasteiger partial charge on any atom is -0.410 e. The van der Waals surface area contributed by atoms with E-state index in [1.807, 2.05) is 30.3 Å². The second kappa shape index (κ2) is 5.80. The Hall–Kier alpha value is -1.16. The molecule has 0 aliphatic carbocycles. The van der Waals surface area contributed by atoms with Crippen LogP contribution in [0.15, 0.2) is 35.5 Å². The molecule has 0 amide bonds. The predicted molar refractivity (Wildman–Crippen MR) is 61.0 cm³/mol. The minimum atomic E-state index is -3.46. The fourth-order valence-corrected chi connectivity index (χ4v) is 2.31. The van der Waals surface area contributed by atoms with E-state index in [-0.39, 0.29) is 11.9 Å². The first kappa shape index (κ1) is 12.9. The van der Waals surface area contributed by atoms with Gasteiger partial charge in [0.25, 0.3) is 0 Å². The first-order valence-corrected chi connectivity index (χ1v) is 6.17. The van der Waals surface area contributed by atoms with Gasteiger partial charge in [-0.2, -0.15) is 0 Å². The van der Waals surface area contributed by atoms with Crippen molar-refractivity contribution in [1.82, 2.24) is 0 Å². The lowest BCUT2D eigenvalue weighted by Crippen LogP contribution is -2.07. The summed E-state index contributed by atoms with van der Waals surface area (Å²) in [6.45, 7) is 0. The maximum absolute atomic E-state index is 12.0. The molecule has 1 aromatic rings. The molecule has 6 heteroatoms. The van der Waals surface area contributed by atoms with Gasteiger partial charge in [0, 0.05) is 20.6 Å². The van der Waals surface area contributed by atoms with Gasteiger partial charge in [0.1, 0.15) is 0 Å². The first-order chi connectivity index (χ1) is 7.66. The lowest BCUT2D eigenvalue weighted by Gasteiger charge is -2.14. The third-order valence-electron chi connectivity index (χ3n) is 2.12. The van der Waals surface area contributed by atoms with Crippen LogP contribution in [0.5, 0.6) is 0 Å². The number of oxime groups is 1. The summed E-state index contributed by atoms with van der Waals surface area (Å²) in [6.07, 6.45) is 0.219. The molecule has 0 aromatic heterocycles. The zero-order valence-electron chi connectivity index (χ0n) is 9.16. The molecule has 0 bridgehead atoms. The Bertz CT molecular complexity index is 397. The van der Waals surface area contributed by atoms with Crippen molar-refractivity contribution in [3.63, 3.8) is 0 Å². The molecule has 0 saturated carbocycles. The maximum atomic E-state index is 12.0. The van der Waals surface area contributed by atoms with E-state index in [0.717, 1.165) is 5.56 Å². The van der Waals surface area contributed by atoms with E-state index in [9.17, 15) is 4.57 Å². The summed E-state index contributed by atoms with van der Waals surface area (Å²) >= 11 is 0. The number of nitrogens with zero attached hydrogens (tertiary/aromatic N) is 1. The van der Waals surface area contributed by atoms with Crippen molar-refractivity contribution in [2.45, 2.75) is 6.42 Å². The van der Waals surface area contributed by atoms with Crippen LogP contribution in [0.4, 0.5) is 0 Å². The van der Waals surface area contributed by atoms with Crippen LogP contribution < -0.4 is 0 Å². The van der Waals surface area contributed by atoms with E-state index in [2.05, 4.69) is 5.16 Å². The molecule has 1 N–H and O–H groups in total. The van der Waals surface area contributed by atoms with Crippen molar-refractivity contribution in [1.29, 1.82) is 0 Å². The normalized spacial score (nSPS) is 12.8. The summed E-state index contributed by atoms with van der Waals surface area (Å²) in [6, 6.07) is 9.22. The third-order valence-corrected chi connectivity index (χ3v) is 3.96. The van der Waals surface area contributed by atoms with Crippen LogP contribution in [0.25, 0.3) is 0 Å². The van der Waals surface area contributed by atoms with Crippen LogP contribution >= 0.6 is 7.60 Å². The summed E-state index contributed by atoms with van der Waals surface area (Å²) in [7, 11) is -0.956. The van der Waals surface area contributed by atoms with E-state index in [0.29, 0.717) is 0 Å². The molecule has 0 atom stereocenters. The minimum absolute atomic E-state index is 0.0105. The Kier molecular flexibility index (Phi) is 4.68. The molecule has 0 fully saturated rings. The summed E-state index contributed by atoms with van der Waals surface area (Å²) in [5, 5.41) is 11.8. The molecule has 0 radical (unpaired) electrons. The lowest BCUT2D eigenvalue weighted by atomic mass is 10.2. The first-order valence-electron chi connectivity index (χ1n) is 4.63. The van der Waals surface area contributed by atoms with E-state index >= 15 is 0 Å². The molecule has 0 spiro atoms. The topological polar surface area (TPSA) is 68.1 Å². The monoisotopic (exact) mass is 243 g/mol. The van der Waals surface area contributed by atoms with E-state index in [1.54, 1.807) is 0 Å². The molecular formula is C10H14NO4P. The van der Waals surface area contributed by atoms with Gasteiger partial charge in [-0.1, -0.05) is 35.5 Å². The molecule has 88 valence electrons. The van der Waals surface area contributed by atoms with Gasteiger partial charge in [0.05, 0.1) is 0 Å². The van der Waals surface area contributed by atoms with Gasteiger partial charge in [0.15, 0.2) is 5.45 Å². The van der Waals surface area contributed by atoms with Crippen molar-refractivity contribution in [3.8, 4) is 0 Å². The van der Waals surface area contributed by atoms with Gasteiger partial charge in [0.2, 0.25) is 0 Å². The lowest BCUT2D eigenvalue weighted by molar-refractivity contribution is 0.283. The van der Waals surface area contributed by atoms with Gasteiger partial charge < -0.3 is 14.3 Å². The van der Waals surface area contributed by atoms with Gasteiger partial charge in [-0.05, 0) is 5.56 Å². The zero-order chi connectivity index (χ0) is 12.0. The van der Waals surface area contributed by atoms with E-state index < -0.39 is 7.60 Å². The highest BCUT2D eigenvalue weighted by Gasteiger charge is 2.30. The Morgan fingerprint density at radius 1 is 1.31 bits per heavy atom. The highest BCUT2D eigenvalue weighted by molar-refractivity contribution is 7.72. The van der Waals surface area contributed by atoms with Crippen molar-refractivity contribution in [3.05, 3.63) is 35.9 Å². The second-order valence-electron chi connectivity index (χ2n) is 3.04. The molecule has 5 nitrogen and oxygen atoms in total. The Morgan fingerprint density at radius 3 is 2.31 bits per heavy atom. The largest absolute Gasteiger partial charge is 0.410 e. The van der Waals surface area contributed by atoms with Crippen LogP contribution in [0.3, 0.4) is 0 Å². The smallest absolute Gasteiger partial charge is 0.378 e. The van der Waals surface area contributed by atoms with Crippen LogP contribution in [-0.4, -0.2) is 24.9 Å². The maximum Gasteiger partial charge on any atom is 0.378 e. The summed E-state index contributed by atoms with van der Waals surface area (Å²) in [5.41, 5.74) is 0.855. The standard InChI is InChI=1S/C10H14NO4P/c1-14-16(13,15-2)10(11-12)8-9-6-4-3-5-7-9/h3-7,12H,8H2,1-2H3/b11-10+. The molecule has 0 aliphatic rings. The number of benzene rings is 1. The van der Waals surface area contributed by atoms with Crippen molar-refractivity contribution in [2.24, 2.45) is 5.16 Å². The van der Waals surface area contributed by atoms with Crippen molar-refractivity contribution in [2.75, 3.05) is 14.2 Å². The molecule has 0 aliphatic heterocycles. The summed E-state index contributed by atoms with van der Waals surface area (Å²) in [5.74, 6) is 0. The second-order valence-corrected chi connectivity index (χ2v) is 5.28. The fourth-order valence-electron chi connectivity index (χ4n) is 1.25. The molecule has 1 rings (SSSR count). The van der Waals surface area contributed by atoms with Crippen molar-refractivity contribution < 1.29 is 18.8 Å². The molecule has 0 heterocycles. The van der Waals surface area contributed by atoms with E-state index in [1.165, 1.54) is 14.2 Å². The highest BCUT2D eigenvalue weighted by Crippen LogP contribution is 2.48. The summed E-state index contributed by atoms with van der Waals surface area (Å²) < 4.78 is 21.5. The Morgan fingerprint density at radius 2 is 1.88 bits per heavy atom. The van der Waals surface area contributed by atoms with Gasteiger partial charge in [-0.15, -0.1) is 0 Å². The molecule has 0 unspecified atom stereocenters. The zero-order valence-corrected chi connectivity index (χ0v) is 10.1. The number of rotatable bonds is 5. The Balaban J connectivity index is 2.90. The Labute approximate surface area is 94.2 Å². The molecule has 16 heavy (non-hydrogen) atoms. The highest BCUT2D eigenvalue weighted by atomic mass is 31.2.